The lowest BCUT2D eigenvalue weighted by Crippen LogP contribution is -2.31. The number of hydrogen-bond acceptors (Lipinski definition) is 4. The second kappa shape index (κ2) is 4.95. The van der Waals surface area contributed by atoms with Gasteiger partial charge in [0.15, 0.2) is 11.5 Å². The highest BCUT2D eigenvalue weighted by Crippen LogP contribution is 2.35. The lowest BCUT2D eigenvalue weighted by molar-refractivity contribution is -0.140. The SMILES string of the molecule is C[C@H](CNC(=O)c1cccc2c1OCO2)C(=O)O. The number of carboxylic acid groups (broad SMARTS) is 1. The quantitative estimate of drug-likeness (QED) is 0.829. The summed E-state index contributed by atoms with van der Waals surface area (Å²) >= 11 is 0. The predicted molar refractivity (Wildman–Crippen MR) is 61.7 cm³/mol. The van der Waals surface area contributed by atoms with Crippen LogP contribution in [-0.4, -0.2) is 30.3 Å². The Morgan fingerprint density at radius 2 is 2.22 bits per heavy atom. The Hall–Kier alpha value is -2.24. The van der Waals surface area contributed by atoms with Crippen molar-refractivity contribution in [1.29, 1.82) is 0 Å². The van der Waals surface area contributed by atoms with E-state index < -0.39 is 11.9 Å². The average Bonchev–Trinajstić information content (AvgIpc) is 2.83. The van der Waals surface area contributed by atoms with Crippen molar-refractivity contribution < 1.29 is 24.2 Å². The molecule has 0 aliphatic carbocycles. The summed E-state index contributed by atoms with van der Waals surface area (Å²) in [6.07, 6.45) is 0. The van der Waals surface area contributed by atoms with Gasteiger partial charge in [0.2, 0.25) is 6.79 Å². The van der Waals surface area contributed by atoms with Gasteiger partial charge in [-0.05, 0) is 12.1 Å². The van der Waals surface area contributed by atoms with Crippen LogP contribution in [0.5, 0.6) is 11.5 Å². The van der Waals surface area contributed by atoms with Crippen LogP contribution >= 0.6 is 0 Å². The van der Waals surface area contributed by atoms with Gasteiger partial charge >= 0.3 is 5.97 Å². The van der Waals surface area contributed by atoms with Gasteiger partial charge in [0.1, 0.15) is 0 Å². The maximum Gasteiger partial charge on any atom is 0.308 e. The zero-order chi connectivity index (χ0) is 13.1. The van der Waals surface area contributed by atoms with E-state index >= 15 is 0 Å². The van der Waals surface area contributed by atoms with Crippen LogP contribution in [0.2, 0.25) is 0 Å². The van der Waals surface area contributed by atoms with Crippen molar-refractivity contribution in [1.82, 2.24) is 5.32 Å². The van der Waals surface area contributed by atoms with Crippen molar-refractivity contribution in [2.75, 3.05) is 13.3 Å². The first-order valence-corrected chi connectivity index (χ1v) is 5.49. The molecule has 0 saturated carbocycles. The molecule has 6 heteroatoms. The minimum absolute atomic E-state index is 0.0681. The van der Waals surface area contributed by atoms with Gasteiger partial charge < -0.3 is 19.9 Å². The lowest BCUT2D eigenvalue weighted by atomic mass is 10.1. The van der Waals surface area contributed by atoms with Crippen LogP contribution in [0.3, 0.4) is 0 Å². The molecule has 0 radical (unpaired) electrons. The van der Waals surface area contributed by atoms with E-state index in [0.717, 1.165) is 0 Å². The van der Waals surface area contributed by atoms with Crippen molar-refractivity contribution in [2.24, 2.45) is 5.92 Å². The number of para-hydroxylation sites is 1. The zero-order valence-corrected chi connectivity index (χ0v) is 9.80. The van der Waals surface area contributed by atoms with Crippen molar-refractivity contribution in [2.45, 2.75) is 6.92 Å². The number of amides is 1. The summed E-state index contributed by atoms with van der Waals surface area (Å²) < 4.78 is 10.4. The molecule has 1 heterocycles. The Kier molecular flexibility index (Phi) is 3.36. The fourth-order valence-corrected chi connectivity index (χ4v) is 1.54. The van der Waals surface area contributed by atoms with Gasteiger partial charge in [-0.15, -0.1) is 0 Å². The third kappa shape index (κ3) is 2.37. The maximum absolute atomic E-state index is 11.9. The van der Waals surface area contributed by atoms with E-state index in [0.29, 0.717) is 17.1 Å². The second-order valence-corrected chi connectivity index (χ2v) is 3.99. The maximum atomic E-state index is 11.9. The molecule has 2 rings (SSSR count). The standard InChI is InChI=1S/C12H13NO5/c1-7(12(15)16)5-13-11(14)8-3-2-4-9-10(8)18-6-17-9/h2-4,7H,5-6H2,1H3,(H,13,14)(H,15,16)/t7-/m1/s1. The minimum Gasteiger partial charge on any atom is -0.481 e. The van der Waals surface area contributed by atoms with E-state index in [1.807, 2.05) is 0 Å². The van der Waals surface area contributed by atoms with Crippen LogP contribution in [-0.2, 0) is 4.79 Å². The first-order valence-electron chi connectivity index (χ1n) is 5.49. The first kappa shape index (κ1) is 12.2. The molecule has 18 heavy (non-hydrogen) atoms. The fraction of sp³-hybridized carbons (Fsp3) is 0.333. The molecule has 0 bridgehead atoms. The van der Waals surface area contributed by atoms with Gasteiger partial charge in [-0.25, -0.2) is 0 Å². The minimum atomic E-state index is -0.951. The third-order valence-corrected chi connectivity index (χ3v) is 2.63. The molecule has 1 aromatic carbocycles. The second-order valence-electron chi connectivity index (χ2n) is 3.99. The highest BCUT2D eigenvalue weighted by atomic mass is 16.7. The number of benzene rings is 1. The van der Waals surface area contributed by atoms with Gasteiger partial charge in [0.25, 0.3) is 5.91 Å². The molecule has 1 aromatic rings. The van der Waals surface area contributed by atoms with Crippen molar-refractivity contribution >= 4 is 11.9 Å². The molecule has 0 saturated heterocycles. The van der Waals surface area contributed by atoms with Gasteiger partial charge in [0, 0.05) is 6.54 Å². The molecule has 1 aliphatic rings. The number of hydrogen-bond donors (Lipinski definition) is 2. The molecule has 0 aromatic heterocycles. The number of ether oxygens (including phenoxy) is 2. The molecule has 0 fully saturated rings. The molecule has 6 nitrogen and oxygen atoms in total. The van der Waals surface area contributed by atoms with E-state index in [9.17, 15) is 9.59 Å². The van der Waals surface area contributed by atoms with E-state index in [1.165, 1.54) is 6.92 Å². The topological polar surface area (TPSA) is 84.9 Å². The molecule has 1 amide bonds. The summed E-state index contributed by atoms with van der Waals surface area (Å²) in [5, 5.41) is 11.3. The Bertz CT molecular complexity index is 485. The number of fused-ring (bicyclic) bond motifs is 1. The Labute approximate surface area is 104 Å². The number of nitrogens with one attached hydrogen (secondary N) is 1. The summed E-state index contributed by atoms with van der Waals surface area (Å²) in [6.45, 7) is 1.68. The summed E-state index contributed by atoms with van der Waals surface area (Å²) in [5.41, 5.74) is 0.350. The Morgan fingerprint density at radius 3 is 2.94 bits per heavy atom. The molecular weight excluding hydrogens is 238 g/mol. The van der Waals surface area contributed by atoms with Crippen LogP contribution in [0.1, 0.15) is 17.3 Å². The summed E-state index contributed by atoms with van der Waals surface area (Å²) in [7, 11) is 0. The van der Waals surface area contributed by atoms with E-state index in [-0.39, 0.29) is 19.2 Å². The number of carbonyl (C=O) groups is 2. The number of carboxylic acids is 1. The molecule has 0 spiro atoms. The van der Waals surface area contributed by atoms with Crippen LogP contribution in [0, 0.1) is 5.92 Å². The smallest absolute Gasteiger partial charge is 0.308 e. The van der Waals surface area contributed by atoms with Crippen LogP contribution < -0.4 is 14.8 Å². The van der Waals surface area contributed by atoms with Crippen LogP contribution in [0.15, 0.2) is 18.2 Å². The highest BCUT2D eigenvalue weighted by Gasteiger charge is 2.22. The third-order valence-electron chi connectivity index (χ3n) is 2.63. The molecule has 2 N–H and O–H groups in total. The van der Waals surface area contributed by atoms with E-state index in [1.54, 1.807) is 18.2 Å². The van der Waals surface area contributed by atoms with Gasteiger partial charge in [-0.2, -0.15) is 0 Å². The van der Waals surface area contributed by atoms with Gasteiger partial charge in [-0.1, -0.05) is 13.0 Å². The number of rotatable bonds is 4. The normalized spacial score (nSPS) is 14.1. The average molecular weight is 251 g/mol. The molecule has 0 unspecified atom stereocenters. The largest absolute Gasteiger partial charge is 0.481 e. The summed E-state index contributed by atoms with van der Waals surface area (Å²) in [4.78, 5) is 22.5. The molecule has 1 atom stereocenters. The van der Waals surface area contributed by atoms with E-state index in [4.69, 9.17) is 14.6 Å². The first-order chi connectivity index (χ1) is 8.59. The predicted octanol–water partition coefficient (Wildman–Crippen LogP) is 0.866. The van der Waals surface area contributed by atoms with Crippen molar-refractivity contribution in [3.8, 4) is 11.5 Å². The Morgan fingerprint density at radius 1 is 1.44 bits per heavy atom. The van der Waals surface area contributed by atoms with E-state index in [2.05, 4.69) is 5.32 Å². The van der Waals surface area contributed by atoms with Gasteiger partial charge in [0.05, 0.1) is 11.5 Å². The fourth-order valence-electron chi connectivity index (χ4n) is 1.54. The molecule has 96 valence electrons. The summed E-state index contributed by atoms with van der Waals surface area (Å²) in [5.74, 6) is -1.03. The van der Waals surface area contributed by atoms with Crippen molar-refractivity contribution in [3.05, 3.63) is 23.8 Å². The molecule has 1 aliphatic heterocycles. The number of aliphatic carboxylic acids is 1. The number of carbonyl (C=O) groups excluding carboxylic acids is 1. The van der Waals surface area contributed by atoms with Gasteiger partial charge in [-0.3, -0.25) is 9.59 Å². The molecular formula is C12H13NO5. The summed E-state index contributed by atoms with van der Waals surface area (Å²) in [6, 6.07) is 5.00. The monoisotopic (exact) mass is 251 g/mol. The van der Waals surface area contributed by atoms with Crippen molar-refractivity contribution in [3.63, 3.8) is 0 Å². The van der Waals surface area contributed by atoms with Crippen LogP contribution in [0.25, 0.3) is 0 Å². The lowest BCUT2D eigenvalue weighted by Gasteiger charge is -2.09. The Balaban J connectivity index is 2.06. The zero-order valence-electron chi connectivity index (χ0n) is 9.80. The van der Waals surface area contributed by atoms with Crippen LogP contribution in [0.4, 0.5) is 0 Å². The highest BCUT2D eigenvalue weighted by molar-refractivity contribution is 5.98.